The van der Waals surface area contributed by atoms with E-state index < -0.39 is 10.8 Å². The summed E-state index contributed by atoms with van der Waals surface area (Å²) in [4.78, 5) is 15.9. The Balaban J connectivity index is 1.86. The maximum atomic E-state index is 12.8. The molecule has 2 unspecified atom stereocenters. The van der Waals surface area contributed by atoms with Crippen LogP contribution in [0.4, 0.5) is 0 Å². The number of nitrogens with one attached hydrogen (secondary N) is 1. The van der Waals surface area contributed by atoms with Crippen LogP contribution < -0.4 is 5.32 Å². The van der Waals surface area contributed by atoms with Gasteiger partial charge in [0.15, 0.2) is 0 Å². The van der Waals surface area contributed by atoms with Gasteiger partial charge in [-0.2, -0.15) is 0 Å². The third kappa shape index (κ3) is 2.44. The number of carbonyl (C=O) groups is 1. The Hall–Kier alpha value is -0.720. The number of rotatable bonds is 4. The summed E-state index contributed by atoms with van der Waals surface area (Å²) in [5, 5.41) is 5.62. The van der Waals surface area contributed by atoms with Crippen molar-refractivity contribution in [1.82, 2.24) is 10.2 Å². The summed E-state index contributed by atoms with van der Waals surface area (Å²) in [6.07, 6.45) is 5.75. The third-order valence-electron chi connectivity index (χ3n) is 4.28. The lowest BCUT2D eigenvalue weighted by Crippen LogP contribution is -2.44. The van der Waals surface area contributed by atoms with Crippen molar-refractivity contribution in [1.29, 1.82) is 0 Å². The molecule has 1 aromatic heterocycles. The Kier molecular flexibility index (Phi) is 3.97. The van der Waals surface area contributed by atoms with Crippen molar-refractivity contribution in [3.05, 3.63) is 22.4 Å². The SMILES string of the molecule is CS(=O)CCN1C(=O)C2(CCCC2)NC1c1cccs1. The largest absolute Gasteiger partial charge is 0.320 e. The predicted octanol–water partition coefficient (Wildman–Crippen LogP) is 1.87. The van der Waals surface area contributed by atoms with E-state index in [1.165, 1.54) is 4.88 Å². The van der Waals surface area contributed by atoms with Crippen molar-refractivity contribution in [2.45, 2.75) is 37.4 Å². The van der Waals surface area contributed by atoms with Crippen molar-refractivity contribution >= 4 is 28.0 Å². The molecular formula is C14H20N2O2S2. The molecule has 1 N–H and O–H groups in total. The highest BCUT2D eigenvalue weighted by atomic mass is 32.2. The van der Waals surface area contributed by atoms with E-state index in [1.807, 2.05) is 16.3 Å². The van der Waals surface area contributed by atoms with E-state index in [0.717, 1.165) is 25.7 Å². The molecular weight excluding hydrogens is 292 g/mol. The highest BCUT2D eigenvalue weighted by Gasteiger charge is 2.52. The predicted molar refractivity (Wildman–Crippen MR) is 82.0 cm³/mol. The zero-order chi connectivity index (χ0) is 14.2. The van der Waals surface area contributed by atoms with E-state index in [-0.39, 0.29) is 17.6 Å². The minimum atomic E-state index is -0.870. The summed E-state index contributed by atoms with van der Waals surface area (Å²) in [6.45, 7) is 0.569. The molecule has 1 saturated heterocycles. The maximum Gasteiger partial charge on any atom is 0.244 e. The average Bonchev–Trinajstić information content (AvgIpc) is 3.13. The Morgan fingerprint density at radius 1 is 1.50 bits per heavy atom. The van der Waals surface area contributed by atoms with Gasteiger partial charge in [-0.25, -0.2) is 0 Å². The van der Waals surface area contributed by atoms with Crippen LogP contribution >= 0.6 is 11.3 Å². The Morgan fingerprint density at radius 3 is 2.85 bits per heavy atom. The second kappa shape index (κ2) is 5.58. The van der Waals surface area contributed by atoms with Gasteiger partial charge >= 0.3 is 0 Å². The van der Waals surface area contributed by atoms with Crippen LogP contribution in [-0.2, 0) is 15.6 Å². The first-order valence-corrected chi connectivity index (χ1v) is 9.65. The Morgan fingerprint density at radius 2 is 2.25 bits per heavy atom. The molecule has 2 aliphatic rings. The van der Waals surface area contributed by atoms with Crippen molar-refractivity contribution in [3.8, 4) is 0 Å². The topological polar surface area (TPSA) is 49.4 Å². The second-order valence-electron chi connectivity index (χ2n) is 5.63. The summed E-state index contributed by atoms with van der Waals surface area (Å²) < 4.78 is 11.4. The van der Waals surface area contributed by atoms with Crippen LogP contribution in [0, 0.1) is 0 Å². The van der Waals surface area contributed by atoms with Gasteiger partial charge in [0.2, 0.25) is 5.91 Å². The standard InChI is InChI=1S/C14H20N2O2S2/c1-20(18)10-8-16-12(11-5-4-9-19-11)15-14(13(16)17)6-2-3-7-14/h4-5,9,12,15H,2-3,6-8,10H2,1H3. The number of amides is 1. The fourth-order valence-electron chi connectivity index (χ4n) is 3.26. The quantitative estimate of drug-likeness (QED) is 0.923. The summed E-state index contributed by atoms with van der Waals surface area (Å²) >= 11 is 1.67. The van der Waals surface area contributed by atoms with E-state index in [0.29, 0.717) is 12.3 Å². The minimum Gasteiger partial charge on any atom is -0.320 e. The van der Waals surface area contributed by atoms with Crippen LogP contribution in [0.1, 0.15) is 36.7 Å². The fourth-order valence-corrected chi connectivity index (χ4v) is 4.50. The lowest BCUT2D eigenvalue weighted by Gasteiger charge is -2.22. The van der Waals surface area contributed by atoms with Gasteiger partial charge in [-0.15, -0.1) is 11.3 Å². The monoisotopic (exact) mass is 312 g/mol. The minimum absolute atomic E-state index is 0.0378. The van der Waals surface area contributed by atoms with Crippen LogP contribution in [0.3, 0.4) is 0 Å². The molecule has 3 rings (SSSR count). The van der Waals surface area contributed by atoms with Gasteiger partial charge < -0.3 is 4.90 Å². The van der Waals surface area contributed by atoms with Gasteiger partial charge in [-0.1, -0.05) is 18.9 Å². The molecule has 2 fully saturated rings. The second-order valence-corrected chi connectivity index (χ2v) is 8.16. The van der Waals surface area contributed by atoms with Crippen LogP contribution in [0.15, 0.2) is 17.5 Å². The van der Waals surface area contributed by atoms with Crippen molar-refractivity contribution in [3.63, 3.8) is 0 Å². The number of carbonyl (C=O) groups excluding carboxylic acids is 1. The van der Waals surface area contributed by atoms with Crippen LogP contribution in [-0.4, -0.2) is 39.1 Å². The highest BCUT2D eigenvalue weighted by Crippen LogP contribution is 2.41. The Bertz CT molecular complexity index is 509. The molecule has 1 spiro atoms. The number of hydrogen-bond donors (Lipinski definition) is 1. The lowest BCUT2D eigenvalue weighted by molar-refractivity contribution is -0.132. The number of nitrogens with zero attached hydrogens (tertiary/aromatic N) is 1. The molecule has 20 heavy (non-hydrogen) atoms. The van der Waals surface area contributed by atoms with Gasteiger partial charge in [0, 0.05) is 34.2 Å². The molecule has 1 aromatic rings. The molecule has 4 nitrogen and oxygen atoms in total. The van der Waals surface area contributed by atoms with Gasteiger partial charge in [0.1, 0.15) is 6.17 Å². The molecule has 110 valence electrons. The van der Waals surface area contributed by atoms with Crippen molar-refractivity contribution in [2.24, 2.45) is 0 Å². The summed E-state index contributed by atoms with van der Waals surface area (Å²) in [5.41, 5.74) is -0.357. The first kappa shape index (κ1) is 14.2. The Labute approximate surface area is 126 Å². The fraction of sp³-hybridized carbons (Fsp3) is 0.643. The first-order chi connectivity index (χ1) is 9.62. The summed E-state index contributed by atoms with van der Waals surface area (Å²) in [5.74, 6) is 0.754. The van der Waals surface area contributed by atoms with Gasteiger partial charge in [-0.05, 0) is 24.3 Å². The molecule has 1 aliphatic carbocycles. The van der Waals surface area contributed by atoms with Crippen LogP contribution in [0.5, 0.6) is 0 Å². The third-order valence-corrected chi connectivity index (χ3v) is 5.97. The summed E-state index contributed by atoms with van der Waals surface area (Å²) in [7, 11) is -0.870. The number of thiophene rings is 1. The first-order valence-electron chi connectivity index (χ1n) is 7.05. The molecule has 1 saturated carbocycles. The van der Waals surface area contributed by atoms with E-state index >= 15 is 0 Å². The molecule has 1 aliphatic heterocycles. The van der Waals surface area contributed by atoms with Gasteiger partial charge in [0.25, 0.3) is 0 Å². The lowest BCUT2D eigenvalue weighted by atomic mass is 9.98. The molecule has 1 amide bonds. The maximum absolute atomic E-state index is 12.8. The molecule has 2 heterocycles. The summed E-state index contributed by atoms with van der Waals surface area (Å²) in [6, 6.07) is 4.08. The van der Waals surface area contributed by atoms with E-state index in [4.69, 9.17) is 0 Å². The van der Waals surface area contributed by atoms with E-state index in [2.05, 4.69) is 11.4 Å². The number of hydrogen-bond acceptors (Lipinski definition) is 4. The van der Waals surface area contributed by atoms with E-state index in [9.17, 15) is 9.00 Å². The van der Waals surface area contributed by atoms with Gasteiger partial charge in [0.05, 0.1) is 5.54 Å². The highest BCUT2D eigenvalue weighted by molar-refractivity contribution is 7.84. The van der Waals surface area contributed by atoms with Crippen LogP contribution in [0.2, 0.25) is 0 Å². The molecule has 0 bridgehead atoms. The van der Waals surface area contributed by atoms with E-state index in [1.54, 1.807) is 17.6 Å². The van der Waals surface area contributed by atoms with Crippen molar-refractivity contribution in [2.75, 3.05) is 18.6 Å². The zero-order valence-electron chi connectivity index (χ0n) is 11.6. The molecule has 0 aromatic carbocycles. The van der Waals surface area contributed by atoms with Gasteiger partial charge in [-0.3, -0.25) is 14.3 Å². The normalized spacial score (nSPS) is 26.6. The molecule has 6 heteroatoms. The molecule has 0 radical (unpaired) electrons. The molecule has 2 atom stereocenters. The van der Waals surface area contributed by atoms with Crippen LogP contribution in [0.25, 0.3) is 0 Å². The average molecular weight is 312 g/mol. The smallest absolute Gasteiger partial charge is 0.244 e. The zero-order valence-corrected chi connectivity index (χ0v) is 13.3. The van der Waals surface area contributed by atoms with Crippen molar-refractivity contribution < 1.29 is 9.00 Å².